The molecule has 0 radical (unpaired) electrons. The van der Waals surface area contributed by atoms with Crippen molar-refractivity contribution in [1.82, 2.24) is 10.2 Å². The second-order valence-electron chi connectivity index (χ2n) is 7.21. The van der Waals surface area contributed by atoms with Gasteiger partial charge < -0.3 is 14.8 Å². The molecule has 2 saturated heterocycles. The number of hydrogen-bond acceptors (Lipinski definition) is 4. The molecule has 0 unspecified atom stereocenters. The third-order valence-electron chi connectivity index (χ3n) is 5.48. The summed E-state index contributed by atoms with van der Waals surface area (Å²) in [6, 6.07) is 7.19. The number of likely N-dealkylation sites (tertiary alicyclic amines) is 1. The first-order valence-corrected chi connectivity index (χ1v) is 10.0. The van der Waals surface area contributed by atoms with Gasteiger partial charge in [0.2, 0.25) is 5.91 Å². The Kier molecular flexibility index (Phi) is 7.17. The molecule has 0 aliphatic carbocycles. The van der Waals surface area contributed by atoms with Crippen LogP contribution < -0.4 is 10.1 Å². The minimum Gasteiger partial charge on any atom is -0.493 e. The highest BCUT2D eigenvalue weighted by atomic mass is 35.5. The number of amides is 1. The largest absolute Gasteiger partial charge is 0.493 e. The van der Waals surface area contributed by atoms with Gasteiger partial charge in [-0.15, -0.1) is 0 Å². The van der Waals surface area contributed by atoms with Crippen molar-refractivity contribution in [1.29, 1.82) is 0 Å². The molecule has 1 aromatic rings. The Bertz CT molecular complexity index is 567. The highest BCUT2D eigenvalue weighted by molar-refractivity contribution is 6.30. The highest BCUT2D eigenvalue weighted by Crippen LogP contribution is 2.30. The van der Waals surface area contributed by atoms with Crippen molar-refractivity contribution in [2.24, 2.45) is 0 Å². The van der Waals surface area contributed by atoms with Gasteiger partial charge >= 0.3 is 0 Å². The summed E-state index contributed by atoms with van der Waals surface area (Å²) < 4.78 is 11.2. The molecule has 0 spiro atoms. The van der Waals surface area contributed by atoms with Crippen molar-refractivity contribution < 1.29 is 14.3 Å². The Morgan fingerprint density at radius 3 is 2.54 bits per heavy atom. The Morgan fingerprint density at radius 2 is 1.85 bits per heavy atom. The molecule has 6 heteroatoms. The van der Waals surface area contributed by atoms with E-state index in [-0.39, 0.29) is 11.4 Å². The van der Waals surface area contributed by atoms with Crippen molar-refractivity contribution in [2.75, 3.05) is 39.5 Å². The van der Waals surface area contributed by atoms with Crippen molar-refractivity contribution >= 4 is 17.5 Å². The van der Waals surface area contributed by atoms with E-state index in [2.05, 4.69) is 10.2 Å². The molecule has 26 heavy (non-hydrogen) atoms. The summed E-state index contributed by atoms with van der Waals surface area (Å²) in [6.07, 6.45) is 6.17. The zero-order valence-electron chi connectivity index (χ0n) is 15.3. The van der Waals surface area contributed by atoms with Gasteiger partial charge in [-0.2, -0.15) is 0 Å². The fraction of sp³-hybridized carbons (Fsp3) is 0.650. The first kappa shape index (κ1) is 19.5. The lowest BCUT2D eigenvalue weighted by Crippen LogP contribution is -2.59. The number of nitrogens with one attached hydrogen (secondary N) is 1. The summed E-state index contributed by atoms with van der Waals surface area (Å²) in [5, 5.41) is 3.82. The number of piperidine rings is 1. The molecule has 0 atom stereocenters. The fourth-order valence-corrected chi connectivity index (χ4v) is 3.99. The summed E-state index contributed by atoms with van der Waals surface area (Å²) >= 11 is 5.86. The first-order chi connectivity index (χ1) is 12.7. The first-order valence-electron chi connectivity index (χ1n) is 9.66. The maximum atomic E-state index is 12.3. The van der Waals surface area contributed by atoms with Crippen molar-refractivity contribution in [3.05, 3.63) is 29.3 Å². The Hall–Kier alpha value is -1.30. The average molecular weight is 381 g/mol. The van der Waals surface area contributed by atoms with Crippen molar-refractivity contribution in [2.45, 2.75) is 44.1 Å². The summed E-state index contributed by atoms with van der Waals surface area (Å²) in [4.78, 5) is 14.9. The van der Waals surface area contributed by atoms with E-state index in [0.717, 1.165) is 44.9 Å². The number of carbonyl (C=O) groups is 1. The van der Waals surface area contributed by atoms with Gasteiger partial charge in [0.05, 0.1) is 13.0 Å². The van der Waals surface area contributed by atoms with E-state index in [1.165, 1.54) is 19.3 Å². The van der Waals surface area contributed by atoms with Crippen LogP contribution >= 0.6 is 11.6 Å². The Labute approximate surface area is 161 Å². The number of nitrogens with zero attached hydrogens (tertiary/aromatic N) is 1. The molecular formula is C20H29ClN2O3. The van der Waals surface area contributed by atoms with Crippen molar-refractivity contribution in [3.8, 4) is 5.75 Å². The lowest BCUT2D eigenvalue weighted by Gasteiger charge is -2.48. The van der Waals surface area contributed by atoms with Crippen LogP contribution in [0, 0.1) is 0 Å². The van der Waals surface area contributed by atoms with Gasteiger partial charge in [-0.05, 0) is 63.0 Å². The van der Waals surface area contributed by atoms with E-state index in [4.69, 9.17) is 21.1 Å². The zero-order valence-corrected chi connectivity index (χ0v) is 16.1. The lowest BCUT2D eigenvalue weighted by molar-refractivity contribution is -0.123. The Morgan fingerprint density at radius 1 is 1.15 bits per heavy atom. The molecule has 0 saturated carbocycles. The molecule has 2 aliphatic rings. The molecule has 0 bridgehead atoms. The van der Waals surface area contributed by atoms with Crippen LogP contribution in [-0.2, 0) is 9.53 Å². The third kappa shape index (κ3) is 5.35. The maximum absolute atomic E-state index is 12.3. The van der Waals surface area contributed by atoms with Gasteiger partial charge in [-0.3, -0.25) is 9.69 Å². The van der Waals surface area contributed by atoms with Crippen LogP contribution in [0.1, 0.15) is 38.5 Å². The fourth-order valence-electron chi connectivity index (χ4n) is 3.87. The molecule has 1 amide bonds. The number of rotatable bonds is 7. The number of halogens is 1. The molecule has 3 rings (SSSR count). The average Bonchev–Trinajstić information content (AvgIpc) is 2.69. The van der Waals surface area contributed by atoms with E-state index < -0.39 is 0 Å². The summed E-state index contributed by atoms with van der Waals surface area (Å²) in [6.45, 7) is 4.91. The van der Waals surface area contributed by atoms with Crippen molar-refractivity contribution in [3.63, 3.8) is 0 Å². The predicted octanol–water partition coefficient (Wildman–Crippen LogP) is 3.26. The quantitative estimate of drug-likeness (QED) is 0.788. The summed E-state index contributed by atoms with van der Waals surface area (Å²) in [7, 11) is 0. The molecular weight excluding hydrogens is 352 g/mol. The van der Waals surface area contributed by atoms with Crippen LogP contribution in [0.3, 0.4) is 0 Å². The van der Waals surface area contributed by atoms with Gasteiger partial charge in [-0.1, -0.05) is 18.0 Å². The van der Waals surface area contributed by atoms with Gasteiger partial charge in [-0.25, -0.2) is 0 Å². The van der Waals surface area contributed by atoms with E-state index >= 15 is 0 Å². The topological polar surface area (TPSA) is 50.8 Å². The number of hydrogen-bond donors (Lipinski definition) is 1. The van der Waals surface area contributed by atoms with Crippen LogP contribution in [-0.4, -0.2) is 55.8 Å². The normalized spacial score (nSPS) is 20.5. The van der Waals surface area contributed by atoms with Crippen LogP contribution in [0.2, 0.25) is 5.02 Å². The standard InChI is InChI=1S/C20H29ClN2O3/c21-17-4-6-18(7-5-17)26-13-8-19(24)22-16-20(9-14-25-15-10-20)23-11-2-1-3-12-23/h4-7H,1-3,8-16H2,(H,22,24). The Balaban J connectivity index is 1.45. The van der Waals surface area contributed by atoms with Crippen LogP contribution in [0.5, 0.6) is 5.75 Å². The SMILES string of the molecule is O=C(CCOc1ccc(Cl)cc1)NCC1(N2CCCCC2)CCOCC1. The second-order valence-corrected chi connectivity index (χ2v) is 7.65. The zero-order chi connectivity index (χ0) is 18.2. The monoisotopic (exact) mass is 380 g/mol. The molecule has 1 N–H and O–H groups in total. The maximum Gasteiger partial charge on any atom is 0.223 e. The van der Waals surface area contributed by atoms with E-state index in [0.29, 0.717) is 24.6 Å². The minimum atomic E-state index is 0.0434. The van der Waals surface area contributed by atoms with Gasteiger partial charge in [0.1, 0.15) is 5.75 Å². The van der Waals surface area contributed by atoms with Gasteiger partial charge in [0, 0.05) is 30.3 Å². The summed E-state index contributed by atoms with van der Waals surface area (Å²) in [5.41, 5.74) is 0.0609. The van der Waals surface area contributed by atoms with Gasteiger partial charge in [0.15, 0.2) is 0 Å². The molecule has 144 valence electrons. The molecule has 0 aromatic heterocycles. The number of carbonyl (C=O) groups excluding carboxylic acids is 1. The van der Waals surface area contributed by atoms with E-state index in [9.17, 15) is 4.79 Å². The predicted molar refractivity (Wildman–Crippen MR) is 103 cm³/mol. The molecule has 2 heterocycles. The van der Waals surface area contributed by atoms with Gasteiger partial charge in [0.25, 0.3) is 0 Å². The van der Waals surface area contributed by atoms with Crippen LogP contribution in [0.25, 0.3) is 0 Å². The lowest BCUT2D eigenvalue weighted by atomic mass is 9.86. The molecule has 2 aliphatic heterocycles. The van der Waals surface area contributed by atoms with E-state index in [1.807, 2.05) is 12.1 Å². The number of ether oxygens (including phenoxy) is 2. The molecule has 1 aromatic carbocycles. The molecule has 2 fully saturated rings. The third-order valence-corrected chi connectivity index (χ3v) is 5.73. The van der Waals surface area contributed by atoms with Crippen LogP contribution in [0.15, 0.2) is 24.3 Å². The highest BCUT2D eigenvalue weighted by Gasteiger charge is 2.39. The summed E-state index contributed by atoms with van der Waals surface area (Å²) in [5.74, 6) is 0.776. The second kappa shape index (κ2) is 9.58. The molecule has 5 nitrogen and oxygen atoms in total. The van der Waals surface area contributed by atoms with E-state index in [1.54, 1.807) is 12.1 Å². The number of benzene rings is 1. The minimum absolute atomic E-state index is 0.0434. The smallest absolute Gasteiger partial charge is 0.223 e. The van der Waals surface area contributed by atoms with Crippen LogP contribution in [0.4, 0.5) is 0 Å².